The van der Waals surface area contributed by atoms with Crippen molar-refractivity contribution in [2.24, 2.45) is 10.8 Å². The SMILES string of the molecule is [B]C(C)CC(C)(C)CC(C)(C)CS. The molecule has 0 rings (SSSR count). The fraction of sp³-hybridized carbons (Fsp3) is 1.00. The molecule has 2 radical (unpaired) electrons. The van der Waals surface area contributed by atoms with E-state index in [4.69, 9.17) is 7.85 Å². The van der Waals surface area contributed by atoms with Gasteiger partial charge in [-0.25, -0.2) is 0 Å². The largest absolute Gasteiger partial charge is 0.179 e. The highest BCUT2D eigenvalue weighted by Gasteiger charge is 2.28. The summed E-state index contributed by atoms with van der Waals surface area (Å²) < 4.78 is 0. The molecular weight excluding hydrogens is 175 g/mol. The van der Waals surface area contributed by atoms with E-state index in [1.54, 1.807) is 0 Å². The minimum Gasteiger partial charge on any atom is -0.179 e. The molecule has 0 aliphatic carbocycles. The van der Waals surface area contributed by atoms with Crippen molar-refractivity contribution in [3.8, 4) is 0 Å². The van der Waals surface area contributed by atoms with Gasteiger partial charge in [0, 0.05) is 0 Å². The first-order valence-corrected chi connectivity index (χ1v) is 5.68. The first-order chi connectivity index (χ1) is 5.68. The van der Waals surface area contributed by atoms with Crippen molar-refractivity contribution in [1.82, 2.24) is 0 Å². The van der Waals surface area contributed by atoms with Crippen molar-refractivity contribution >= 4 is 20.5 Å². The van der Waals surface area contributed by atoms with Crippen LogP contribution in [0.1, 0.15) is 47.5 Å². The van der Waals surface area contributed by atoms with Gasteiger partial charge in [-0.1, -0.05) is 46.9 Å². The van der Waals surface area contributed by atoms with E-state index < -0.39 is 0 Å². The molecule has 0 bridgehead atoms. The average Bonchev–Trinajstić information content (AvgIpc) is 1.81. The van der Waals surface area contributed by atoms with Crippen LogP contribution in [-0.2, 0) is 0 Å². The summed E-state index contributed by atoms with van der Waals surface area (Å²) in [6.45, 7) is 11.2. The topological polar surface area (TPSA) is 0 Å². The lowest BCUT2D eigenvalue weighted by Crippen LogP contribution is -2.25. The molecular formula is C11H23BS. The molecule has 0 fully saturated rings. The van der Waals surface area contributed by atoms with E-state index in [1.165, 1.54) is 6.42 Å². The molecule has 0 nitrogen and oxygen atoms in total. The molecule has 1 unspecified atom stereocenters. The number of hydrogen-bond donors (Lipinski definition) is 1. The van der Waals surface area contributed by atoms with E-state index in [-0.39, 0.29) is 0 Å². The van der Waals surface area contributed by atoms with Crippen LogP contribution in [-0.4, -0.2) is 13.6 Å². The predicted octanol–water partition coefficient (Wildman–Crippen LogP) is 3.73. The summed E-state index contributed by atoms with van der Waals surface area (Å²) in [6, 6.07) is 0. The molecule has 1 atom stereocenters. The lowest BCUT2D eigenvalue weighted by molar-refractivity contribution is 0.202. The van der Waals surface area contributed by atoms with E-state index in [0.717, 1.165) is 12.2 Å². The molecule has 2 heteroatoms. The van der Waals surface area contributed by atoms with Crippen molar-refractivity contribution in [3.05, 3.63) is 0 Å². The van der Waals surface area contributed by atoms with E-state index >= 15 is 0 Å². The molecule has 0 aromatic rings. The zero-order chi connectivity index (χ0) is 10.7. The Bertz CT molecular complexity index is 150. The minimum absolute atomic E-state index is 0.297. The third kappa shape index (κ3) is 6.48. The van der Waals surface area contributed by atoms with Crippen LogP contribution in [0.3, 0.4) is 0 Å². The van der Waals surface area contributed by atoms with Crippen molar-refractivity contribution in [3.63, 3.8) is 0 Å². The number of rotatable bonds is 5. The summed E-state index contributed by atoms with van der Waals surface area (Å²) in [5, 5.41) is 0. The van der Waals surface area contributed by atoms with Crippen LogP contribution in [0.5, 0.6) is 0 Å². The molecule has 76 valence electrons. The molecule has 0 amide bonds. The van der Waals surface area contributed by atoms with Gasteiger partial charge >= 0.3 is 0 Å². The van der Waals surface area contributed by atoms with Crippen LogP contribution in [0.25, 0.3) is 0 Å². The van der Waals surface area contributed by atoms with Crippen molar-refractivity contribution in [2.75, 3.05) is 5.75 Å². The summed E-state index contributed by atoms with van der Waals surface area (Å²) in [5.41, 5.74) is 0.655. The standard InChI is InChI=1S/C11H23BS/c1-9(12)6-10(2,3)7-11(4,5)8-13/h9,13H,6-8H2,1-5H3. The Morgan fingerprint density at radius 1 is 1.15 bits per heavy atom. The molecule has 0 aromatic carbocycles. The molecule has 0 saturated carbocycles. The second kappa shape index (κ2) is 4.77. The summed E-state index contributed by atoms with van der Waals surface area (Å²) in [4.78, 5) is 0. The molecule has 0 N–H and O–H groups in total. The molecule has 0 aliphatic rings. The Morgan fingerprint density at radius 3 is 1.92 bits per heavy atom. The molecule has 0 heterocycles. The van der Waals surface area contributed by atoms with Crippen LogP contribution in [0.15, 0.2) is 0 Å². The first-order valence-electron chi connectivity index (χ1n) is 5.05. The third-order valence-electron chi connectivity index (χ3n) is 2.26. The summed E-state index contributed by atoms with van der Waals surface area (Å²) in [6.07, 6.45) is 2.27. The van der Waals surface area contributed by atoms with E-state index in [2.05, 4.69) is 47.2 Å². The summed E-state index contributed by atoms with van der Waals surface area (Å²) in [7, 11) is 5.82. The summed E-state index contributed by atoms with van der Waals surface area (Å²) in [5.74, 6) is 1.24. The van der Waals surface area contributed by atoms with Gasteiger partial charge < -0.3 is 0 Å². The van der Waals surface area contributed by atoms with Crippen LogP contribution in [0.2, 0.25) is 5.82 Å². The zero-order valence-corrected chi connectivity index (χ0v) is 10.6. The normalized spacial score (nSPS) is 15.8. The fourth-order valence-corrected chi connectivity index (χ4v) is 2.41. The third-order valence-corrected chi connectivity index (χ3v) is 3.12. The van der Waals surface area contributed by atoms with Gasteiger partial charge in [-0.15, -0.1) is 0 Å². The molecule has 0 aliphatic heterocycles. The van der Waals surface area contributed by atoms with Crippen LogP contribution in [0, 0.1) is 10.8 Å². The van der Waals surface area contributed by atoms with Crippen LogP contribution < -0.4 is 0 Å². The highest BCUT2D eigenvalue weighted by Crippen LogP contribution is 2.39. The van der Waals surface area contributed by atoms with Crippen LogP contribution in [0.4, 0.5) is 0 Å². The molecule has 0 saturated heterocycles. The first kappa shape index (κ1) is 13.4. The zero-order valence-electron chi connectivity index (χ0n) is 9.72. The van der Waals surface area contributed by atoms with Gasteiger partial charge in [-0.05, 0) is 23.0 Å². The second-order valence-corrected chi connectivity index (χ2v) is 6.16. The highest BCUT2D eigenvalue weighted by atomic mass is 32.1. The van der Waals surface area contributed by atoms with E-state index in [1.807, 2.05) is 0 Å². The van der Waals surface area contributed by atoms with Gasteiger partial charge in [-0.3, -0.25) is 0 Å². The number of hydrogen-bond acceptors (Lipinski definition) is 1. The Labute approximate surface area is 90.7 Å². The van der Waals surface area contributed by atoms with E-state index in [0.29, 0.717) is 16.6 Å². The van der Waals surface area contributed by atoms with Gasteiger partial charge in [0.1, 0.15) is 0 Å². The van der Waals surface area contributed by atoms with Gasteiger partial charge in [0.2, 0.25) is 0 Å². The average molecular weight is 198 g/mol. The quantitative estimate of drug-likeness (QED) is 0.505. The highest BCUT2D eigenvalue weighted by molar-refractivity contribution is 7.80. The smallest absolute Gasteiger partial charge is 0.0696 e. The monoisotopic (exact) mass is 198 g/mol. The molecule has 0 spiro atoms. The van der Waals surface area contributed by atoms with Crippen LogP contribution >= 0.6 is 12.6 Å². The Morgan fingerprint density at radius 2 is 1.62 bits per heavy atom. The number of thiol groups is 1. The summed E-state index contributed by atoms with van der Waals surface area (Å²) >= 11 is 4.37. The predicted molar refractivity (Wildman–Crippen MR) is 65.8 cm³/mol. The lowest BCUT2D eigenvalue weighted by Gasteiger charge is -2.35. The van der Waals surface area contributed by atoms with E-state index in [9.17, 15) is 0 Å². The minimum atomic E-state index is 0.297. The maximum Gasteiger partial charge on any atom is 0.0696 e. The Hall–Kier alpha value is 0.415. The maximum atomic E-state index is 5.82. The lowest BCUT2D eigenvalue weighted by atomic mass is 9.68. The molecule has 0 aromatic heterocycles. The van der Waals surface area contributed by atoms with Crippen molar-refractivity contribution in [1.29, 1.82) is 0 Å². The van der Waals surface area contributed by atoms with Crippen molar-refractivity contribution < 1.29 is 0 Å². The fourth-order valence-electron chi connectivity index (χ4n) is 2.30. The Balaban J connectivity index is 4.16. The Kier molecular flexibility index (Phi) is 4.92. The van der Waals surface area contributed by atoms with Gasteiger partial charge in [0.25, 0.3) is 0 Å². The molecule has 13 heavy (non-hydrogen) atoms. The maximum absolute atomic E-state index is 5.82. The second-order valence-electron chi connectivity index (χ2n) is 5.84. The van der Waals surface area contributed by atoms with Gasteiger partial charge in [-0.2, -0.15) is 12.6 Å². The van der Waals surface area contributed by atoms with Crippen molar-refractivity contribution in [2.45, 2.75) is 53.3 Å². The van der Waals surface area contributed by atoms with Gasteiger partial charge in [0.15, 0.2) is 0 Å². The van der Waals surface area contributed by atoms with Gasteiger partial charge in [0.05, 0.1) is 7.85 Å².